The number of benzene rings is 2. The molecule has 0 saturated carbocycles. The van der Waals surface area contributed by atoms with E-state index < -0.39 is 6.10 Å². The summed E-state index contributed by atoms with van der Waals surface area (Å²) in [4.78, 5) is 11.5. The first-order valence-electron chi connectivity index (χ1n) is 6.98. The Morgan fingerprint density at radius 3 is 2.81 bits per heavy atom. The quantitative estimate of drug-likeness (QED) is 0.432. The smallest absolute Gasteiger partial charge is 0.358 e. The van der Waals surface area contributed by atoms with Gasteiger partial charge in [0.2, 0.25) is 0 Å². The molecule has 0 bridgehead atoms. The molecule has 4 heteroatoms. The van der Waals surface area contributed by atoms with Crippen molar-refractivity contribution in [2.45, 2.75) is 18.9 Å². The Morgan fingerprint density at radius 2 is 1.95 bits per heavy atom. The van der Waals surface area contributed by atoms with Gasteiger partial charge >= 0.3 is 27.2 Å². The van der Waals surface area contributed by atoms with Gasteiger partial charge in [-0.2, -0.15) is 0 Å². The summed E-state index contributed by atoms with van der Waals surface area (Å²) in [6.45, 7) is 0.466. The van der Waals surface area contributed by atoms with Gasteiger partial charge in [0.05, 0.1) is 6.61 Å². The number of hydrogen-bond acceptors (Lipinski definition) is 3. The zero-order valence-electron chi connectivity index (χ0n) is 11.3. The van der Waals surface area contributed by atoms with E-state index in [1.54, 1.807) is 0 Å². The molecule has 2 aliphatic heterocycles. The second kappa shape index (κ2) is 5.33. The van der Waals surface area contributed by atoms with Gasteiger partial charge in [0.15, 0.2) is 13.2 Å². The minimum atomic E-state index is -0.436. The van der Waals surface area contributed by atoms with E-state index in [1.807, 2.05) is 6.07 Å². The molecule has 1 saturated heterocycles. The fourth-order valence-corrected chi connectivity index (χ4v) is 5.43. The average Bonchev–Trinajstić information content (AvgIpc) is 2.90. The van der Waals surface area contributed by atoms with Gasteiger partial charge in [-0.1, -0.05) is 18.2 Å². The molecule has 4 rings (SSSR count). The van der Waals surface area contributed by atoms with Crippen LogP contribution < -0.4 is 25.9 Å². The lowest BCUT2D eigenvalue weighted by molar-refractivity contribution is -0.601. The Kier molecular flexibility index (Phi) is 3.33. The summed E-state index contributed by atoms with van der Waals surface area (Å²) in [5.74, 6) is 0.534. The molecule has 0 radical (unpaired) electrons. The van der Waals surface area contributed by atoms with Gasteiger partial charge < -0.3 is 9.47 Å². The van der Waals surface area contributed by atoms with Crippen LogP contribution >= 0.6 is 0 Å². The predicted octanol–water partition coefficient (Wildman–Crippen LogP) is -0.587. The molecule has 2 aliphatic rings. The highest BCUT2D eigenvalue weighted by atomic mass is 127. The van der Waals surface area contributed by atoms with Crippen LogP contribution in [0.15, 0.2) is 42.5 Å². The molecule has 2 aromatic rings. The lowest BCUT2D eigenvalue weighted by atomic mass is 10.0. The van der Waals surface area contributed by atoms with Gasteiger partial charge in [-0.15, -0.1) is 0 Å². The van der Waals surface area contributed by atoms with Crippen molar-refractivity contribution in [1.82, 2.24) is 0 Å². The lowest BCUT2D eigenvalue weighted by Gasteiger charge is -2.13. The fourth-order valence-electron chi connectivity index (χ4n) is 2.65. The summed E-state index contributed by atoms with van der Waals surface area (Å²) in [5, 5.41) is 0. The molecule has 106 valence electrons. The molecule has 1 fully saturated rings. The van der Waals surface area contributed by atoms with Crippen molar-refractivity contribution in [3.63, 3.8) is 0 Å². The van der Waals surface area contributed by atoms with Crippen LogP contribution in [-0.4, -0.2) is 18.7 Å². The molecule has 0 aromatic heterocycles. The Balaban J connectivity index is 1.59. The Hall–Kier alpha value is -1.56. The minimum Gasteiger partial charge on any atom is -0.479 e. The van der Waals surface area contributed by atoms with Gasteiger partial charge in [-0.25, -0.2) is 4.79 Å². The molecule has 1 unspecified atom stereocenters. The monoisotopic (exact) mass is 393 g/mol. The predicted molar refractivity (Wildman–Crippen MR) is 73.1 cm³/mol. The van der Waals surface area contributed by atoms with E-state index in [0.717, 1.165) is 12.2 Å². The maximum absolute atomic E-state index is 11.5. The van der Waals surface area contributed by atoms with Crippen LogP contribution in [0.25, 0.3) is 0 Å². The van der Waals surface area contributed by atoms with Crippen molar-refractivity contribution in [2.75, 3.05) is 6.61 Å². The van der Waals surface area contributed by atoms with Crippen molar-refractivity contribution >= 4 is 5.97 Å². The molecule has 3 nitrogen and oxygen atoms in total. The number of rotatable bonds is 2. The third-order valence-electron chi connectivity index (χ3n) is 3.73. The fraction of sp³-hybridized carbons (Fsp3) is 0.235. The first kappa shape index (κ1) is 13.1. The van der Waals surface area contributed by atoms with E-state index in [1.165, 1.54) is 18.3 Å². The van der Waals surface area contributed by atoms with Crippen LogP contribution in [0.4, 0.5) is 0 Å². The molecule has 21 heavy (non-hydrogen) atoms. The van der Waals surface area contributed by atoms with Gasteiger partial charge in [-0.05, 0) is 24.3 Å². The lowest BCUT2D eigenvalue weighted by Crippen LogP contribution is -3.62. The van der Waals surface area contributed by atoms with Crippen molar-refractivity contribution in [1.29, 1.82) is 0 Å². The Labute approximate surface area is 133 Å². The first-order valence-corrected chi connectivity index (χ1v) is 9.14. The third kappa shape index (κ3) is 2.52. The van der Waals surface area contributed by atoms with Crippen molar-refractivity contribution in [3.8, 4) is 5.75 Å². The molecular weight excluding hydrogens is 379 g/mol. The molecular formula is C17H14IO3+. The van der Waals surface area contributed by atoms with Crippen LogP contribution in [0.5, 0.6) is 5.75 Å². The number of esters is 1. The normalized spacial score (nSPS) is 19.6. The Bertz CT molecular complexity index is 711. The second-order valence-electron chi connectivity index (χ2n) is 5.18. The van der Waals surface area contributed by atoms with E-state index in [4.69, 9.17) is 9.47 Å². The van der Waals surface area contributed by atoms with Crippen LogP contribution in [-0.2, 0) is 16.0 Å². The maximum atomic E-state index is 11.5. The largest absolute Gasteiger partial charge is 0.479 e. The Morgan fingerprint density at radius 1 is 1.10 bits per heavy atom. The average molecular weight is 393 g/mol. The number of carbonyl (C=O) groups is 1. The van der Waals surface area contributed by atoms with Crippen molar-refractivity contribution in [2.24, 2.45) is 0 Å². The van der Waals surface area contributed by atoms with Gasteiger partial charge in [-0.3, -0.25) is 0 Å². The first-order chi connectivity index (χ1) is 10.3. The summed E-state index contributed by atoms with van der Waals surface area (Å²) in [6.07, 6.45) is 1.16. The van der Waals surface area contributed by atoms with E-state index in [9.17, 15) is 4.79 Å². The minimum absolute atomic E-state index is 0.110. The van der Waals surface area contributed by atoms with Crippen LogP contribution in [0.1, 0.15) is 17.5 Å². The number of halogens is 1. The number of cyclic esters (lactones) is 1. The highest BCUT2D eigenvalue weighted by Gasteiger charge is 2.31. The topological polar surface area (TPSA) is 35.5 Å². The summed E-state index contributed by atoms with van der Waals surface area (Å²) >= 11 is -0.110. The highest BCUT2D eigenvalue weighted by Crippen LogP contribution is 2.22. The van der Waals surface area contributed by atoms with E-state index in [2.05, 4.69) is 36.4 Å². The zero-order valence-corrected chi connectivity index (χ0v) is 13.5. The van der Waals surface area contributed by atoms with Crippen LogP contribution in [0, 0.1) is 7.14 Å². The molecule has 0 N–H and O–H groups in total. The van der Waals surface area contributed by atoms with Gasteiger partial charge in [0, 0.05) is 24.0 Å². The third-order valence-corrected chi connectivity index (χ3v) is 6.99. The molecule has 2 heterocycles. The number of fused-ring (bicyclic) bond motifs is 2. The SMILES string of the molecule is O=C1OCCC1Oc1ccc2c(c1)Cc1ccccc1[I+]2. The molecule has 2 aromatic carbocycles. The van der Waals surface area contributed by atoms with Crippen molar-refractivity contribution < 1.29 is 35.5 Å². The standard InChI is InChI=1S/C17H14IO3/c19-17-16(7-8-20-17)21-13-5-6-15-12(10-13)9-11-3-1-2-4-14(11)18-15/h1-6,10,16H,7-9H2/q+1. The summed E-state index contributed by atoms with van der Waals surface area (Å²) in [5.41, 5.74) is 2.76. The number of carbonyl (C=O) groups excluding carboxylic acids is 1. The van der Waals surface area contributed by atoms with Crippen LogP contribution in [0.3, 0.4) is 0 Å². The van der Waals surface area contributed by atoms with E-state index in [0.29, 0.717) is 13.0 Å². The van der Waals surface area contributed by atoms with Crippen molar-refractivity contribution in [3.05, 3.63) is 60.7 Å². The summed E-state index contributed by atoms with van der Waals surface area (Å²) in [7, 11) is 0. The number of hydrogen-bond donors (Lipinski definition) is 0. The molecule has 1 atom stereocenters. The highest BCUT2D eigenvalue weighted by molar-refractivity contribution is 5.76. The van der Waals surface area contributed by atoms with E-state index in [-0.39, 0.29) is 27.2 Å². The summed E-state index contributed by atoms with van der Waals surface area (Å²) < 4.78 is 13.7. The zero-order chi connectivity index (χ0) is 14.2. The van der Waals surface area contributed by atoms with Gasteiger partial charge in [0.1, 0.15) is 5.75 Å². The summed E-state index contributed by atoms with van der Waals surface area (Å²) in [6, 6.07) is 14.9. The number of ether oxygens (including phenoxy) is 2. The van der Waals surface area contributed by atoms with Crippen LogP contribution in [0.2, 0.25) is 0 Å². The molecule has 0 aliphatic carbocycles. The van der Waals surface area contributed by atoms with Gasteiger partial charge in [0.25, 0.3) is 0 Å². The van der Waals surface area contributed by atoms with E-state index >= 15 is 0 Å². The maximum Gasteiger partial charge on any atom is 0.358 e. The second-order valence-corrected chi connectivity index (χ2v) is 8.04. The molecule has 0 spiro atoms. The molecule has 0 amide bonds.